The highest BCUT2D eigenvalue weighted by molar-refractivity contribution is 5.93. The maximum absolute atomic E-state index is 11.1. The lowest BCUT2D eigenvalue weighted by molar-refractivity contribution is 0.0232. The van der Waals surface area contributed by atoms with Crippen molar-refractivity contribution in [3.05, 3.63) is 29.8 Å². The van der Waals surface area contributed by atoms with E-state index in [1.54, 1.807) is 12.1 Å². The van der Waals surface area contributed by atoms with Gasteiger partial charge < -0.3 is 15.8 Å². The topological polar surface area (TPSA) is 64.3 Å². The van der Waals surface area contributed by atoms with E-state index in [-0.39, 0.29) is 0 Å². The molecule has 1 fully saturated rings. The van der Waals surface area contributed by atoms with Gasteiger partial charge in [0.25, 0.3) is 0 Å². The fraction of sp³-hybridized carbons (Fsp3) is 0.462. The zero-order valence-electron chi connectivity index (χ0n) is 9.98. The number of nitrogens with one attached hydrogen (secondary N) is 1. The van der Waals surface area contributed by atoms with Crippen molar-refractivity contribution in [2.24, 2.45) is 5.73 Å². The number of rotatable bonds is 3. The molecule has 1 heterocycles. The molecule has 0 radical (unpaired) electrons. The highest BCUT2D eigenvalue weighted by Gasteiger charge is 2.19. The molecule has 1 aliphatic heterocycles. The molecule has 0 spiro atoms. The molecular weight excluding hydrogens is 216 g/mol. The van der Waals surface area contributed by atoms with Crippen LogP contribution < -0.4 is 11.1 Å². The molecule has 1 aromatic carbocycles. The number of carbonyl (C=O) groups excluding carboxylic acids is 1. The van der Waals surface area contributed by atoms with E-state index in [9.17, 15) is 4.79 Å². The summed E-state index contributed by atoms with van der Waals surface area (Å²) in [6.45, 7) is 2.86. The third-order valence-electron chi connectivity index (χ3n) is 3.00. The third-order valence-corrected chi connectivity index (χ3v) is 3.00. The van der Waals surface area contributed by atoms with E-state index in [0.717, 1.165) is 25.1 Å². The molecule has 1 aliphatic rings. The predicted molar refractivity (Wildman–Crippen MR) is 67.0 cm³/mol. The molecule has 1 saturated heterocycles. The minimum Gasteiger partial charge on any atom is -0.382 e. The Balaban J connectivity index is 2.02. The van der Waals surface area contributed by atoms with Crippen molar-refractivity contribution in [3.8, 4) is 0 Å². The van der Waals surface area contributed by atoms with Gasteiger partial charge in [-0.1, -0.05) is 6.07 Å². The number of hydrogen-bond donors (Lipinski definition) is 2. The molecule has 2 rings (SSSR count). The summed E-state index contributed by atoms with van der Waals surface area (Å²) in [7, 11) is 0. The Bertz CT molecular complexity index is 406. The lowest BCUT2D eigenvalue weighted by Crippen LogP contribution is -2.32. The highest BCUT2D eigenvalue weighted by atomic mass is 16.5. The number of ether oxygens (including phenoxy) is 1. The first-order valence-corrected chi connectivity index (χ1v) is 5.93. The van der Waals surface area contributed by atoms with E-state index in [1.807, 2.05) is 12.1 Å². The van der Waals surface area contributed by atoms with Crippen LogP contribution in [0.2, 0.25) is 0 Å². The second-order valence-electron chi connectivity index (χ2n) is 4.49. The van der Waals surface area contributed by atoms with Crippen LogP contribution in [0.15, 0.2) is 24.3 Å². The van der Waals surface area contributed by atoms with E-state index in [0.29, 0.717) is 17.7 Å². The summed E-state index contributed by atoms with van der Waals surface area (Å²) in [5.74, 6) is -0.394. The lowest BCUT2D eigenvalue weighted by Gasteiger charge is -2.28. The summed E-state index contributed by atoms with van der Waals surface area (Å²) in [4.78, 5) is 11.1. The van der Waals surface area contributed by atoms with E-state index in [4.69, 9.17) is 10.5 Å². The van der Waals surface area contributed by atoms with Gasteiger partial charge in [0.05, 0.1) is 6.10 Å². The summed E-state index contributed by atoms with van der Waals surface area (Å²) in [5, 5.41) is 3.42. The number of benzene rings is 1. The van der Waals surface area contributed by atoms with Crippen LogP contribution in [0.25, 0.3) is 0 Å². The zero-order valence-corrected chi connectivity index (χ0v) is 9.98. The van der Waals surface area contributed by atoms with E-state index in [1.165, 1.54) is 0 Å². The smallest absolute Gasteiger partial charge is 0.248 e. The Kier molecular flexibility index (Phi) is 3.64. The van der Waals surface area contributed by atoms with Crippen molar-refractivity contribution in [2.45, 2.75) is 31.9 Å². The lowest BCUT2D eigenvalue weighted by atomic mass is 10.0. The molecular formula is C13H18N2O2. The largest absolute Gasteiger partial charge is 0.382 e. The Morgan fingerprint density at radius 1 is 1.53 bits per heavy atom. The van der Waals surface area contributed by atoms with Gasteiger partial charge in [-0.15, -0.1) is 0 Å². The average molecular weight is 234 g/mol. The van der Waals surface area contributed by atoms with Crippen molar-refractivity contribution in [1.29, 1.82) is 0 Å². The van der Waals surface area contributed by atoms with Gasteiger partial charge in [0.2, 0.25) is 5.91 Å². The van der Waals surface area contributed by atoms with Gasteiger partial charge in [-0.3, -0.25) is 4.79 Å². The molecule has 0 saturated carbocycles. The van der Waals surface area contributed by atoms with Crippen molar-refractivity contribution in [2.75, 3.05) is 11.9 Å². The number of amides is 1. The zero-order chi connectivity index (χ0) is 12.3. The molecule has 4 heteroatoms. The minimum absolute atomic E-state index is 0.292. The van der Waals surface area contributed by atoms with Crippen LogP contribution in [0.5, 0.6) is 0 Å². The molecule has 0 bridgehead atoms. The number of carbonyl (C=O) groups is 1. The number of nitrogens with two attached hydrogens (primary N) is 1. The van der Waals surface area contributed by atoms with Gasteiger partial charge in [0.15, 0.2) is 0 Å². The maximum atomic E-state index is 11.1. The Labute approximate surface area is 101 Å². The minimum atomic E-state index is -0.394. The SMILES string of the molecule is CC1CC(Nc2cccc(C(N)=O)c2)CCO1. The fourth-order valence-electron chi connectivity index (χ4n) is 2.13. The first-order chi connectivity index (χ1) is 8.15. The average Bonchev–Trinajstić information content (AvgIpc) is 2.29. The van der Waals surface area contributed by atoms with Crippen molar-refractivity contribution in [1.82, 2.24) is 0 Å². The summed E-state index contributed by atoms with van der Waals surface area (Å²) in [6.07, 6.45) is 2.27. The molecule has 17 heavy (non-hydrogen) atoms. The maximum Gasteiger partial charge on any atom is 0.248 e. The first-order valence-electron chi connectivity index (χ1n) is 5.93. The van der Waals surface area contributed by atoms with Gasteiger partial charge in [-0.05, 0) is 38.0 Å². The highest BCUT2D eigenvalue weighted by Crippen LogP contribution is 2.19. The van der Waals surface area contributed by atoms with E-state index in [2.05, 4.69) is 12.2 Å². The van der Waals surface area contributed by atoms with E-state index < -0.39 is 5.91 Å². The molecule has 2 unspecified atom stereocenters. The van der Waals surface area contributed by atoms with Gasteiger partial charge in [0.1, 0.15) is 0 Å². The molecule has 0 aliphatic carbocycles. The van der Waals surface area contributed by atoms with Crippen molar-refractivity contribution >= 4 is 11.6 Å². The van der Waals surface area contributed by atoms with Crippen molar-refractivity contribution < 1.29 is 9.53 Å². The Morgan fingerprint density at radius 3 is 3.06 bits per heavy atom. The number of anilines is 1. The molecule has 4 nitrogen and oxygen atoms in total. The predicted octanol–water partition coefficient (Wildman–Crippen LogP) is 1.76. The number of hydrogen-bond acceptors (Lipinski definition) is 3. The van der Waals surface area contributed by atoms with Crippen LogP contribution in [0, 0.1) is 0 Å². The van der Waals surface area contributed by atoms with Crippen molar-refractivity contribution in [3.63, 3.8) is 0 Å². The third kappa shape index (κ3) is 3.20. The summed E-state index contributed by atoms with van der Waals surface area (Å²) < 4.78 is 5.49. The van der Waals surface area contributed by atoms with Crippen LogP contribution in [0.4, 0.5) is 5.69 Å². The van der Waals surface area contributed by atoms with Crippen LogP contribution in [0.3, 0.4) is 0 Å². The Hall–Kier alpha value is -1.55. The molecule has 92 valence electrons. The van der Waals surface area contributed by atoms with Crippen LogP contribution in [-0.4, -0.2) is 24.7 Å². The number of primary amides is 1. The van der Waals surface area contributed by atoms with Gasteiger partial charge in [-0.25, -0.2) is 0 Å². The Morgan fingerprint density at radius 2 is 2.35 bits per heavy atom. The van der Waals surface area contributed by atoms with Crippen LogP contribution in [-0.2, 0) is 4.74 Å². The molecule has 1 amide bonds. The second kappa shape index (κ2) is 5.19. The van der Waals surface area contributed by atoms with Gasteiger partial charge in [-0.2, -0.15) is 0 Å². The van der Waals surface area contributed by atoms with E-state index >= 15 is 0 Å². The second-order valence-corrected chi connectivity index (χ2v) is 4.49. The monoisotopic (exact) mass is 234 g/mol. The summed E-state index contributed by atoms with van der Waals surface area (Å²) >= 11 is 0. The van der Waals surface area contributed by atoms with Crippen LogP contribution >= 0.6 is 0 Å². The van der Waals surface area contributed by atoms with Gasteiger partial charge >= 0.3 is 0 Å². The van der Waals surface area contributed by atoms with Crippen LogP contribution in [0.1, 0.15) is 30.1 Å². The molecule has 2 atom stereocenters. The standard InChI is InChI=1S/C13H18N2O2/c1-9-7-12(5-6-17-9)15-11-4-2-3-10(8-11)13(14)16/h2-4,8-9,12,15H,5-7H2,1H3,(H2,14,16). The summed E-state index contributed by atoms with van der Waals surface area (Å²) in [5.41, 5.74) is 6.73. The molecule has 1 aromatic rings. The first kappa shape index (κ1) is 11.9. The quantitative estimate of drug-likeness (QED) is 0.837. The normalized spacial score (nSPS) is 24.3. The molecule has 3 N–H and O–H groups in total. The summed E-state index contributed by atoms with van der Waals surface area (Å²) in [6, 6.07) is 7.71. The fourth-order valence-corrected chi connectivity index (χ4v) is 2.13. The van der Waals surface area contributed by atoms with Gasteiger partial charge in [0, 0.05) is 23.9 Å². The molecule has 0 aromatic heterocycles.